The highest BCUT2D eigenvalue weighted by molar-refractivity contribution is 6.17. The summed E-state index contributed by atoms with van der Waals surface area (Å²) in [7, 11) is 0. The third-order valence-electron chi connectivity index (χ3n) is 14.5. The second-order valence-electron chi connectivity index (χ2n) is 19.2. The van der Waals surface area contributed by atoms with E-state index in [4.69, 9.17) is 0 Å². The van der Waals surface area contributed by atoms with Crippen LogP contribution in [0.2, 0.25) is 0 Å². The summed E-state index contributed by atoms with van der Waals surface area (Å²) in [6.45, 7) is 9.05. The maximum atomic E-state index is 11.1. The van der Waals surface area contributed by atoms with Gasteiger partial charge in [0.1, 0.15) is 0 Å². The number of unbranched alkanes of at least 4 members (excludes halogenated alkanes) is 12. The molecule has 0 fully saturated rings. The standard InChI is InChI=1S/C30H42O2.C30H36.2CH4/c1-3-5-7-9-11-21-13-15-23-25-20-30(32)28-18-22(12-10-8-6-4-2)14-16-24(28)26(25)19-29(31)27(23)17-21;1-3-5-7-9-11-23-13-17-27-25(21-23)15-19-30-28-18-14-24(12-10-8-6-4-2)22-26(28)16-20-29(27)30;;/h13-18,25-26,29-32H,3-12,19-20H2,1-2H3;13-22H,3-12H2,1-2H3;2*1H4. The van der Waals surface area contributed by atoms with Gasteiger partial charge in [0.05, 0.1) is 12.2 Å². The van der Waals surface area contributed by atoms with Gasteiger partial charge in [0.25, 0.3) is 0 Å². The molecule has 8 rings (SSSR count). The molecular formula is C62H86O2. The zero-order chi connectivity index (χ0) is 43.3. The van der Waals surface area contributed by atoms with Crippen molar-refractivity contribution in [3.05, 3.63) is 142 Å². The van der Waals surface area contributed by atoms with Crippen LogP contribution in [0.15, 0.2) is 97.1 Å². The zero-order valence-electron chi connectivity index (χ0n) is 39.0. The van der Waals surface area contributed by atoms with Gasteiger partial charge in [-0.1, -0.05) is 217 Å². The topological polar surface area (TPSA) is 40.5 Å². The first kappa shape index (κ1) is 51.0. The van der Waals surface area contributed by atoms with Crippen molar-refractivity contribution >= 4 is 32.3 Å². The maximum Gasteiger partial charge on any atom is 0.0799 e. The molecule has 0 saturated heterocycles. The molecule has 4 atom stereocenters. The molecule has 2 N–H and O–H groups in total. The van der Waals surface area contributed by atoms with Gasteiger partial charge >= 0.3 is 0 Å². The Kier molecular flexibility index (Phi) is 20.4. The summed E-state index contributed by atoms with van der Waals surface area (Å²) in [5.41, 5.74) is 10.4. The first-order chi connectivity index (χ1) is 30.4. The fraction of sp³-hybridized carbons (Fsp3) is 0.516. The fourth-order valence-electron chi connectivity index (χ4n) is 10.9. The SMILES string of the molecule is C.C.CCCCCCc1ccc2c(c1)C(O)CC1c3ccc(CCCCCC)cc3C(O)CC21.CCCCCCc1ccc2c(ccc3c4ccc(CCCCCC)cc4ccc23)c1. The van der Waals surface area contributed by atoms with Gasteiger partial charge in [0.15, 0.2) is 0 Å². The fourth-order valence-corrected chi connectivity index (χ4v) is 10.9. The van der Waals surface area contributed by atoms with Crippen LogP contribution in [-0.2, 0) is 25.7 Å². The first-order valence-corrected chi connectivity index (χ1v) is 25.4. The van der Waals surface area contributed by atoms with Crippen molar-refractivity contribution in [3.8, 4) is 0 Å². The average molecular weight is 863 g/mol. The summed E-state index contributed by atoms with van der Waals surface area (Å²) in [6.07, 6.45) is 26.1. The molecule has 0 aromatic heterocycles. The number of aliphatic hydroxyl groups excluding tert-OH is 2. The van der Waals surface area contributed by atoms with E-state index in [1.54, 1.807) is 0 Å². The Balaban J connectivity index is 0.000000234. The molecule has 0 radical (unpaired) electrons. The lowest BCUT2D eigenvalue weighted by Crippen LogP contribution is -2.29. The van der Waals surface area contributed by atoms with Gasteiger partial charge in [-0.2, -0.15) is 0 Å². The largest absolute Gasteiger partial charge is 0.388 e. The monoisotopic (exact) mass is 863 g/mol. The van der Waals surface area contributed by atoms with Crippen LogP contribution in [-0.4, -0.2) is 10.2 Å². The van der Waals surface area contributed by atoms with Crippen LogP contribution in [0.4, 0.5) is 0 Å². The van der Waals surface area contributed by atoms with E-state index in [0.717, 1.165) is 36.8 Å². The molecule has 0 bridgehead atoms. The Bertz CT molecular complexity index is 2170. The van der Waals surface area contributed by atoms with Crippen molar-refractivity contribution < 1.29 is 10.2 Å². The molecular weight excluding hydrogens is 777 g/mol. The summed E-state index contributed by atoms with van der Waals surface area (Å²) in [5.74, 6) is 0.612. The number of hydrogen-bond acceptors (Lipinski definition) is 2. The molecule has 2 aliphatic carbocycles. The molecule has 0 aliphatic heterocycles. The van der Waals surface area contributed by atoms with Crippen LogP contribution in [0.1, 0.15) is 227 Å². The van der Waals surface area contributed by atoms with Gasteiger partial charge in [-0.05, 0) is 153 Å². The lowest BCUT2D eigenvalue weighted by Gasteiger charge is -2.42. The summed E-state index contributed by atoms with van der Waals surface area (Å²) in [4.78, 5) is 0. The lowest BCUT2D eigenvalue weighted by atomic mass is 9.64. The maximum absolute atomic E-state index is 11.1. The molecule has 346 valence electrons. The highest BCUT2D eigenvalue weighted by Gasteiger charge is 2.41. The highest BCUT2D eigenvalue weighted by atomic mass is 16.3. The van der Waals surface area contributed by atoms with E-state index >= 15 is 0 Å². The van der Waals surface area contributed by atoms with Crippen LogP contribution in [0.5, 0.6) is 0 Å². The molecule has 64 heavy (non-hydrogen) atoms. The number of benzene rings is 6. The molecule has 2 nitrogen and oxygen atoms in total. The summed E-state index contributed by atoms with van der Waals surface area (Å²) < 4.78 is 0. The number of aliphatic hydroxyl groups is 2. The Labute approximate surface area is 390 Å². The number of fused-ring (bicyclic) bond motifs is 10. The van der Waals surface area contributed by atoms with E-state index in [2.05, 4.69) is 125 Å². The van der Waals surface area contributed by atoms with E-state index in [0.29, 0.717) is 11.8 Å². The second-order valence-corrected chi connectivity index (χ2v) is 19.2. The summed E-state index contributed by atoms with van der Waals surface area (Å²) in [6, 6.07) is 37.1. The van der Waals surface area contributed by atoms with Crippen LogP contribution in [0, 0.1) is 0 Å². The van der Waals surface area contributed by atoms with Gasteiger partial charge in [-0.15, -0.1) is 0 Å². The quantitative estimate of drug-likeness (QED) is 0.0593. The third kappa shape index (κ3) is 12.7. The molecule has 6 aromatic rings. The van der Waals surface area contributed by atoms with Crippen molar-refractivity contribution in [2.75, 3.05) is 0 Å². The Morgan fingerprint density at radius 1 is 0.344 bits per heavy atom. The lowest BCUT2D eigenvalue weighted by molar-refractivity contribution is 0.101. The zero-order valence-corrected chi connectivity index (χ0v) is 39.0. The summed E-state index contributed by atoms with van der Waals surface area (Å²) >= 11 is 0. The second kappa shape index (κ2) is 25.6. The normalized spacial score (nSPS) is 17.5. The van der Waals surface area contributed by atoms with Crippen LogP contribution < -0.4 is 0 Å². The minimum atomic E-state index is -0.404. The highest BCUT2D eigenvalue weighted by Crippen LogP contribution is 2.54. The molecule has 6 aromatic carbocycles. The van der Waals surface area contributed by atoms with Gasteiger partial charge in [0.2, 0.25) is 0 Å². The van der Waals surface area contributed by atoms with Gasteiger partial charge < -0.3 is 10.2 Å². The molecule has 0 saturated carbocycles. The van der Waals surface area contributed by atoms with Crippen LogP contribution in [0.3, 0.4) is 0 Å². The molecule has 2 aliphatic rings. The van der Waals surface area contributed by atoms with Crippen LogP contribution >= 0.6 is 0 Å². The molecule has 4 unspecified atom stereocenters. The number of aryl methyl sites for hydroxylation is 4. The van der Waals surface area contributed by atoms with Crippen molar-refractivity contribution in [3.63, 3.8) is 0 Å². The number of hydrogen-bond donors (Lipinski definition) is 2. The first-order valence-electron chi connectivity index (χ1n) is 25.4. The van der Waals surface area contributed by atoms with Crippen LogP contribution in [0.25, 0.3) is 32.3 Å². The van der Waals surface area contributed by atoms with Gasteiger partial charge in [0, 0.05) is 0 Å². The minimum Gasteiger partial charge on any atom is -0.388 e. The Morgan fingerprint density at radius 2 is 0.656 bits per heavy atom. The van der Waals surface area contributed by atoms with E-state index in [-0.39, 0.29) is 14.9 Å². The van der Waals surface area contributed by atoms with Crippen molar-refractivity contribution in [2.24, 2.45) is 0 Å². The molecule has 0 amide bonds. The molecule has 0 heterocycles. The predicted octanol–water partition coefficient (Wildman–Crippen LogP) is 18.3. The smallest absolute Gasteiger partial charge is 0.0799 e. The minimum absolute atomic E-state index is 0. The van der Waals surface area contributed by atoms with Gasteiger partial charge in [-0.3, -0.25) is 0 Å². The Morgan fingerprint density at radius 3 is 1.00 bits per heavy atom. The summed E-state index contributed by atoms with van der Waals surface area (Å²) in [5, 5.41) is 30.5. The van der Waals surface area contributed by atoms with E-state index < -0.39 is 12.2 Å². The van der Waals surface area contributed by atoms with Gasteiger partial charge in [-0.25, -0.2) is 0 Å². The molecule has 2 heteroatoms. The average Bonchev–Trinajstić information content (AvgIpc) is 3.30. The van der Waals surface area contributed by atoms with E-state index in [1.165, 1.54) is 181 Å². The third-order valence-corrected chi connectivity index (χ3v) is 14.5. The van der Waals surface area contributed by atoms with Crippen molar-refractivity contribution in [1.82, 2.24) is 0 Å². The van der Waals surface area contributed by atoms with E-state index in [1.807, 2.05) is 0 Å². The number of rotatable bonds is 20. The Hall–Kier alpha value is -3.98. The van der Waals surface area contributed by atoms with Crippen molar-refractivity contribution in [1.29, 1.82) is 0 Å². The predicted molar refractivity (Wildman–Crippen MR) is 281 cm³/mol. The molecule has 0 spiro atoms. The van der Waals surface area contributed by atoms with E-state index in [9.17, 15) is 10.2 Å². The van der Waals surface area contributed by atoms with Crippen molar-refractivity contribution in [2.45, 2.75) is 208 Å².